The van der Waals surface area contributed by atoms with Gasteiger partial charge in [0.2, 0.25) is 0 Å². The Morgan fingerprint density at radius 1 is 1.18 bits per heavy atom. The van der Waals surface area contributed by atoms with Crippen molar-refractivity contribution in [2.24, 2.45) is 0 Å². The number of aliphatic carboxylic acids is 1. The lowest BCUT2D eigenvalue weighted by atomic mass is 9.92. The summed E-state index contributed by atoms with van der Waals surface area (Å²) >= 11 is 0. The summed E-state index contributed by atoms with van der Waals surface area (Å²) in [5.41, 5.74) is 0.0799. The maximum absolute atomic E-state index is 11.5. The Balaban J connectivity index is 2.34. The van der Waals surface area contributed by atoms with Crippen molar-refractivity contribution < 1.29 is 9.90 Å². The summed E-state index contributed by atoms with van der Waals surface area (Å²) in [5, 5.41) is 9.44. The van der Waals surface area contributed by atoms with E-state index in [9.17, 15) is 9.90 Å². The van der Waals surface area contributed by atoms with Crippen LogP contribution in [0.5, 0.6) is 0 Å². The second-order valence-electron chi connectivity index (χ2n) is 4.33. The number of carboxylic acids is 1. The Kier molecular flexibility index (Phi) is 3.00. The van der Waals surface area contributed by atoms with Gasteiger partial charge in [-0.1, -0.05) is 30.3 Å². The number of rotatable bonds is 4. The quantitative estimate of drug-likeness (QED) is 0.875. The lowest BCUT2D eigenvalue weighted by Gasteiger charge is -2.27. The first kappa shape index (κ1) is 11.5. The topological polar surface area (TPSA) is 42.2 Å². The van der Waals surface area contributed by atoms with E-state index < -0.39 is 11.5 Å². The summed E-state index contributed by atoms with van der Waals surface area (Å²) in [6.45, 7) is 1.74. The first-order valence-corrected chi connectivity index (χ1v) is 5.54. The molecular formula is C14H15NO2. The molecule has 0 aliphatic heterocycles. The largest absolute Gasteiger partial charge is 0.479 e. The zero-order valence-electron chi connectivity index (χ0n) is 9.71. The van der Waals surface area contributed by atoms with Crippen molar-refractivity contribution in [1.82, 2.24) is 4.57 Å². The van der Waals surface area contributed by atoms with Gasteiger partial charge >= 0.3 is 5.97 Å². The van der Waals surface area contributed by atoms with Crippen molar-refractivity contribution in [3.63, 3.8) is 0 Å². The monoisotopic (exact) mass is 229 g/mol. The molecule has 1 N–H and O–H groups in total. The number of carboxylic acid groups (broad SMARTS) is 1. The molecule has 1 aromatic heterocycles. The summed E-state index contributed by atoms with van der Waals surface area (Å²) in [5.74, 6) is -0.822. The molecule has 3 heteroatoms. The SMILES string of the molecule is CC(Cc1ccccc1)(C(=O)O)n1cccc1. The van der Waals surface area contributed by atoms with Crippen LogP contribution in [0.15, 0.2) is 54.9 Å². The molecule has 0 saturated heterocycles. The molecule has 2 aromatic rings. The number of hydrogen-bond donors (Lipinski definition) is 1. The lowest BCUT2D eigenvalue weighted by molar-refractivity contribution is -0.146. The second kappa shape index (κ2) is 4.45. The van der Waals surface area contributed by atoms with Crippen LogP contribution in [0.25, 0.3) is 0 Å². The maximum atomic E-state index is 11.5. The van der Waals surface area contributed by atoms with E-state index >= 15 is 0 Å². The van der Waals surface area contributed by atoms with Crippen molar-refractivity contribution >= 4 is 5.97 Å². The van der Waals surface area contributed by atoms with Crippen LogP contribution in [0.1, 0.15) is 12.5 Å². The highest BCUT2D eigenvalue weighted by atomic mass is 16.4. The van der Waals surface area contributed by atoms with E-state index in [0.29, 0.717) is 6.42 Å². The molecule has 3 nitrogen and oxygen atoms in total. The summed E-state index contributed by atoms with van der Waals surface area (Å²) in [6.07, 6.45) is 4.05. The molecule has 0 aliphatic rings. The number of carbonyl (C=O) groups is 1. The van der Waals surface area contributed by atoms with Crippen molar-refractivity contribution in [1.29, 1.82) is 0 Å². The van der Waals surface area contributed by atoms with Crippen LogP contribution in [0.2, 0.25) is 0 Å². The van der Waals surface area contributed by atoms with Crippen molar-refractivity contribution in [2.75, 3.05) is 0 Å². The van der Waals surface area contributed by atoms with Gasteiger partial charge in [0.05, 0.1) is 0 Å². The standard InChI is InChI=1S/C14H15NO2/c1-14(13(16)17,15-9-5-6-10-15)11-12-7-3-2-4-8-12/h2-10H,11H2,1H3,(H,16,17). The van der Waals surface area contributed by atoms with E-state index in [1.54, 1.807) is 23.9 Å². The van der Waals surface area contributed by atoms with Gasteiger partial charge in [0.15, 0.2) is 0 Å². The van der Waals surface area contributed by atoms with Crippen molar-refractivity contribution in [3.05, 3.63) is 60.4 Å². The van der Waals surface area contributed by atoms with E-state index in [1.165, 1.54) is 0 Å². The van der Waals surface area contributed by atoms with Gasteiger partial charge in [-0.25, -0.2) is 4.79 Å². The van der Waals surface area contributed by atoms with Crippen LogP contribution in [0, 0.1) is 0 Å². The molecule has 1 unspecified atom stereocenters. The highest BCUT2D eigenvalue weighted by molar-refractivity contribution is 5.76. The second-order valence-corrected chi connectivity index (χ2v) is 4.33. The number of hydrogen-bond acceptors (Lipinski definition) is 1. The van der Waals surface area contributed by atoms with Crippen LogP contribution in [0.3, 0.4) is 0 Å². The van der Waals surface area contributed by atoms with E-state index in [2.05, 4.69) is 0 Å². The first-order valence-electron chi connectivity index (χ1n) is 5.54. The fourth-order valence-electron chi connectivity index (χ4n) is 1.93. The third-order valence-corrected chi connectivity index (χ3v) is 3.03. The molecule has 1 aromatic carbocycles. The average molecular weight is 229 g/mol. The van der Waals surface area contributed by atoms with Gasteiger partial charge in [0, 0.05) is 18.8 Å². The zero-order valence-corrected chi connectivity index (χ0v) is 9.71. The third kappa shape index (κ3) is 2.23. The van der Waals surface area contributed by atoms with Crippen LogP contribution in [0.4, 0.5) is 0 Å². The van der Waals surface area contributed by atoms with E-state index in [4.69, 9.17) is 0 Å². The van der Waals surface area contributed by atoms with Crippen LogP contribution in [-0.2, 0) is 16.8 Å². The maximum Gasteiger partial charge on any atom is 0.329 e. The molecule has 0 fully saturated rings. The van der Waals surface area contributed by atoms with Crippen LogP contribution in [-0.4, -0.2) is 15.6 Å². The number of nitrogens with zero attached hydrogens (tertiary/aromatic N) is 1. The zero-order chi connectivity index (χ0) is 12.3. The highest BCUT2D eigenvalue weighted by Gasteiger charge is 2.34. The normalized spacial score (nSPS) is 14.2. The van der Waals surface area contributed by atoms with Gasteiger partial charge in [-0.05, 0) is 24.6 Å². The fourth-order valence-corrected chi connectivity index (χ4v) is 1.93. The van der Waals surface area contributed by atoms with Gasteiger partial charge in [-0.3, -0.25) is 0 Å². The molecule has 0 spiro atoms. The molecule has 0 aliphatic carbocycles. The average Bonchev–Trinajstić information content (AvgIpc) is 2.84. The minimum atomic E-state index is -0.940. The number of benzene rings is 1. The molecule has 88 valence electrons. The van der Waals surface area contributed by atoms with Crippen molar-refractivity contribution in [2.45, 2.75) is 18.9 Å². The predicted molar refractivity (Wildman–Crippen MR) is 65.9 cm³/mol. The minimum absolute atomic E-state index is 0.470. The van der Waals surface area contributed by atoms with Gasteiger partial charge < -0.3 is 9.67 Å². The Labute approximate surface area is 100 Å². The van der Waals surface area contributed by atoms with Gasteiger partial charge in [-0.15, -0.1) is 0 Å². The Morgan fingerprint density at radius 2 is 1.76 bits per heavy atom. The van der Waals surface area contributed by atoms with Crippen molar-refractivity contribution in [3.8, 4) is 0 Å². The highest BCUT2D eigenvalue weighted by Crippen LogP contribution is 2.22. The van der Waals surface area contributed by atoms with Crippen LogP contribution < -0.4 is 0 Å². The summed E-state index contributed by atoms with van der Waals surface area (Å²) in [6, 6.07) is 13.4. The van der Waals surface area contributed by atoms with Gasteiger partial charge in [0.1, 0.15) is 5.54 Å². The lowest BCUT2D eigenvalue weighted by Crippen LogP contribution is -2.40. The molecule has 17 heavy (non-hydrogen) atoms. The van der Waals surface area contributed by atoms with Crippen LogP contribution >= 0.6 is 0 Å². The van der Waals surface area contributed by atoms with E-state index in [0.717, 1.165) is 5.56 Å². The Bertz CT molecular complexity index is 490. The van der Waals surface area contributed by atoms with E-state index in [-0.39, 0.29) is 0 Å². The summed E-state index contributed by atoms with van der Waals surface area (Å²) in [4.78, 5) is 11.5. The molecule has 1 atom stereocenters. The third-order valence-electron chi connectivity index (χ3n) is 3.03. The fraction of sp³-hybridized carbons (Fsp3) is 0.214. The molecule has 0 bridgehead atoms. The molecule has 0 amide bonds. The van der Waals surface area contributed by atoms with Gasteiger partial charge in [-0.2, -0.15) is 0 Å². The summed E-state index contributed by atoms with van der Waals surface area (Å²) < 4.78 is 1.74. The number of aromatic nitrogens is 1. The smallest absolute Gasteiger partial charge is 0.329 e. The molecule has 0 saturated carbocycles. The first-order chi connectivity index (χ1) is 8.13. The molecule has 0 radical (unpaired) electrons. The molecule has 2 rings (SSSR count). The predicted octanol–water partition coefficient (Wildman–Crippen LogP) is 2.53. The summed E-state index contributed by atoms with van der Waals surface area (Å²) in [7, 11) is 0. The minimum Gasteiger partial charge on any atom is -0.479 e. The van der Waals surface area contributed by atoms with Gasteiger partial charge in [0.25, 0.3) is 0 Å². The van der Waals surface area contributed by atoms with E-state index in [1.807, 2.05) is 42.5 Å². The Morgan fingerprint density at radius 3 is 2.29 bits per heavy atom. The molecule has 1 heterocycles. The molecular weight excluding hydrogens is 214 g/mol. The Hall–Kier alpha value is -2.03.